The highest BCUT2D eigenvalue weighted by Gasteiger charge is 2.43. The molecule has 1 fully saturated rings. The minimum absolute atomic E-state index is 0.291. The van der Waals surface area contributed by atoms with Gasteiger partial charge in [0.15, 0.2) is 0 Å². The molecule has 0 aromatic heterocycles. The Balaban J connectivity index is 3.27. The molecule has 0 aliphatic heterocycles. The zero-order valence-electron chi connectivity index (χ0n) is 10.1. The highest BCUT2D eigenvalue weighted by atomic mass is 14.5. The van der Waals surface area contributed by atoms with E-state index in [1.165, 1.54) is 17.6 Å². The van der Waals surface area contributed by atoms with Crippen molar-refractivity contribution in [2.75, 3.05) is 0 Å². The molecular weight excluding hydrogens is 168 g/mol. The summed E-state index contributed by atoms with van der Waals surface area (Å²) in [6.45, 7) is 15.2. The first-order chi connectivity index (χ1) is 6.35. The van der Waals surface area contributed by atoms with Gasteiger partial charge in [-0.05, 0) is 35.3 Å². The Morgan fingerprint density at radius 1 is 1.07 bits per heavy atom. The largest absolute Gasteiger partial charge is 0.0991 e. The summed E-state index contributed by atoms with van der Waals surface area (Å²) in [5, 5.41) is 0. The molecule has 14 heavy (non-hydrogen) atoms. The summed E-state index contributed by atoms with van der Waals surface area (Å²) in [4.78, 5) is 0. The molecule has 0 amide bonds. The number of rotatable bonds is 1. The van der Waals surface area contributed by atoms with Crippen LogP contribution in [0.25, 0.3) is 0 Å². The Bertz CT molecular complexity index is 298. The van der Waals surface area contributed by atoms with Crippen molar-refractivity contribution in [1.82, 2.24) is 0 Å². The second-order valence-corrected chi connectivity index (χ2v) is 5.46. The van der Waals surface area contributed by atoms with Crippen LogP contribution in [-0.4, -0.2) is 0 Å². The van der Waals surface area contributed by atoms with E-state index in [0.717, 1.165) is 0 Å². The van der Waals surface area contributed by atoms with E-state index in [2.05, 4.69) is 53.3 Å². The molecule has 0 atom stereocenters. The van der Waals surface area contributed by atoms with Gasteiger partial charge in [-0.1, -0.05) is 52.5 Å². The van der Waals surface area contributed by atoms with Gasteiger partial charge in [0.25, 0.3) is 0 Å². The third-order valence-electron chi connectivity index (χ3n) is 3.21. The first-order valence-electron chi connectivity index (χ1n) is 5.35. The van der Waals surface area contributed by atoms with E-state index in [-0.39, 0.29) is 0 Å². The molecule has 1 aliphatic carbocycles. The monoisotopic (exact) mass is 190 g/mol. The average Bonchev–Trinajstić information content (AvgIpc) is 2.17. The van der Waals surface area contributed by atoms with Crippen molar-refractivity contribution in [3.63, 3.8) is 0 Å². The molecule has 0 heterocycles. The van der Waals surface area contributed by atoms with E-state index in [4.69, 9.17) is 0 Å². The number of allylic oxidation sites excluding steroid dienone is 5. The Labute approximate surface area is 88.4 Å². The van der Waals surface area contributed by atoms with Gasteiger partial charge in [-0.3, -0.25) is 0 Å². The molecule has 1 saturated carbocycles. The Kier molecular flexibility index (Phi) is 2.76. The van der Waals surface area contributed by atoms with E-state index in [0.29, 0.717) is 10.8 Å². The van der Waals surface area contributed by atoms with Gasteiger partial charge in [0.1, 0.15) is 0 Å². The van der Waals surface area contributed by atoms with Gasteiger partial charge in [0.2, 0.25) is 0 Å². The standard InChI is InChI=1S/C14H22/c1-7-9-12-11(8-2)13(3,4)10-14(12,5)6/h7-9H,1,10H2,2-6H3/b11-8+,12-9+. The maximum atomic E-state index is 3.80. The molecule has 0 bridgehead atoms. The first kappa shape index (κ1) is 11.3. The molecule has 0 saturated heterocycles. The van der Waals surface area contributed by atoms with Crippen molar-refractivity contribution in [3.8, 4) is 0 Å². The lowest BCUT2D eigenvalue weighted by Crippen LogP contribution is -2.11. The minimum atomic E-state index is 0.291. The third-order valence-corrected chi connectivity index (χ3v) is 3.21. The van der Waals surface area contributed by atoms with Crippen LogP contribution in [0.3, 0.4) is 0 Å². The number of hydrogen-bond acceptors (Lipinski definition) is 0. The van der Waals surface area contributed by atoms with Gasteiger partial charge < -0.3 is 0 Å². The second-order valence-electron chi connectivity index (χ2n) is 5.46. The normalized spacial score (nSPS) is 29.8. The first-order valence-corrected chi connectivity index (χ1v) is 5.35. The van der Waals surface area contributed by atoms with Crippen LogP contribution in [0.5, 0.6) is 0 Å². The molecule has 0 nitrogen and oxygen atoms in total. The van der Waals surface area contributed by atoms with Crippen LogP contribution in [0, 0.1) is 10.8 Å². The molecule has 78 valence electrons. The van der Waals surface area contributed by atoms with Crippen molar-refractivity contribution in [3.05, 3.63) is 36.0 Å². The van der Waals surface area contributed by atoms with Gasteiger partial charge >= 0.3 is 0 Å². The summed E-state index contributed by atoms with van der Waals surface area (Å²) in [6, 6.07) is 0. The van der Waals surface area contributed by atoms with Gasteiger partial charge in [-0.25, -0.2) is 0 Å². The summed E-state index contributed by atoms with van der Waals surface area (Å²) < 4.78 is 0. The highest BCUT2D eigenvalue weighted by Crippen LogP contribution is 2.55. The molecule has 0 aromatic rings. The summed E-state index contributed by atoms with van der Waals surface area (Å²) in [5.74, 6) is 0. The Morgan fingerprint density at radius 2 is 1.57 bits per heavy atom. The maximum absolute atomic E-state index is 3.80. The quantitative estimate of drug-likeness (QED) is 0.571. The minimum Gasteiger partial charge on any atom is -0.0991 e. The fourth-order valence-electron chi connectivity index (χ4n) is 3.00. The molecular formula is C14H22. The van der Waals surface area contributed by atoms with Crippen LogP contribution in [0.15, 0.2) is 36.0 Å². The average molecular weight is 190 g/mol. The summed E-state index contributed by atoms with van der Waals surface area (Å²) in [5.41, 5.74) is 3.55. The molecule has 0 spiro atoms. The lowest BCUT2D eigenvalue weighted by atomic mass is 9.83. The van der Waals surface area contributed by atoms with Gasteiger partial charge in [0.05, 0.1) is 0 Å². The second kappa shape index (κ2) is 3.42. The Hall–Kier alpha value is -0.780. The van der Waals surface area contributed by atoms with Crippen LogP contribution in [0.2, 0.25) is 0 Å². The highest BCUT2D eigenvalue weighted by molar-refractivity contribution is 5.46. The fraction of sp³-hybridized carbons (Fsp3) is 0.571. The van der Waals surface area contributed by atoms with E-state index in [1.807, 2.05) is 6.08 Å². The summed E-state index contributed by atoms with van der Waals surface area (Å²) in [7, 11) is 0. The smallest absolute Gasteiger partial charge is 0.00925 e. The van der Waals surface area contributed by atoms with Crippen LogP contribution >= 0.6 is 0 Å². The lowest BCUT2D eigenvalue weighted by Gasteiger charge is -2.21. The van der Waals surface area contributed by atoms with Crippen molar-refractivity contribution in [2.45, 2.75) is 41.0 Å². The molecule has 1 aliphatic rings. The maximum Gasteiger partial charge on any atom is -0.00925 e. The molecule has 0 N–H and O–H groups in total. The third kappa shape index (κ3) is 1.70. The van der Waals surface area contributed by atoms with E-state index in [9.17, 15) is 0 Å². The van der Waals surface area contributed by atoms with Crippen molar-refractivity contribution < 1.29 is 0 Å². The SMILES string of the molecule is C=C/C=C1\C(=C/C)C(C)(C)CC1(C)C. The van der Waals surface area contributed by atoms with Crippen molar-refractivity contribution >= 4 is 0 Å². The predicted molar refractivity (Wildman–Crippen MR) is 64.2 cm³/mol. The fourth-order valence-corrected chi connectivity index (χ4v) is 3.00. The molecule has 1 rings (SSSR count). The van der Waals surface area contributed by atoms with E-state index < -0.39 is 0 Å². The van der Waals surface area contributed by atoms with Crippen molar-refractivity contribution in [2.24, 2.45) is 10.8 Å². The molecule has 0 heteroatoms. The van der Waals surface area contributed by atoms with Gasteiger partial charge in [-0.2, -0.15) is 0 Å². The van der Waals surface area contributed by atoms with Gasteiger partial charge in [0, 0.05) is 0 Å². The van der Waals surface area contributed by atoms with Crippen LogP contribution < -0.4 is 0 Å². The predicted octanol–water partition coefficient (Wildman–Crippen LogP) is 4.50. The Morgan fingerprint density at radius 3 is 2.00 bits per heavy atom. The molecule has 0 aromatic carbocycles. The van der Waals surface area contributed by atoms with Crippen LogP contribution in [0.4, 0.5) is 0 Å². The van der Waals surface area contributed by atoms with Crippen LogP contribution in [0.1, 0.15) is 41.0 Å². The zero-order chi connectivity index (χ0) is 11.0. The topological polar surface area (TPSA) is 0 Å². The molecule has 0 unspecified atom stereocenters. The zero-order valence-corrected chi connectivity index (χ0v) is 10.1. The summed E-state index contributed by atoms with van der Waals surface area (Å²) in [6.07, 6.45) is 7.55. The van der Waals surface area contributed by atoms with E-state index >= 15 is 0 Å². The number of hydrogen-bond donors (Lipinski definition) is 0. The van der Waals surface area contributed by atoms with Crippen LogP contribution in [-0.2, 0) is 0 Å². The van der Waals surface area contributed by atoms with E-state index in [1.54, 1.807) is 0 Å². The van der Waals surface area contributed by atoms with Gasteiger partial charge in [-0.15, -0.1) is 0 Å². The summed E-state index contributed by atoms with van der Waals surface area (Å²) >= 11 is 0. The molecule has 0 radical (unpaired) electrons. The van der Waals surface area contributed by atoms with Crippen molar-refractivity contribution in [1.29, 1.82) is 0 Å². The lowest BCUT2D eigenvalue weighted by molar-refractivity contribution is 0.338.